The molecule has 0 aliphatic carbocycles. The fourth-order valence-electron chi connectivity index (χ4n) is 1.99. The van der Waals surface area contributed by atoms with Gasteiger partial charge in [0.2, 0.25) is 0 Å². The molecule has 0 atom stereocenters. The van der Waals surface area contributed by atoms with Gasteiger partial charge in [0.1, 0.15) is 0 Å². The molecule has 0 spiro atoms. The first-order chi connectivity index (χ1) is 8.24. The van der Waals surface area contributed by atoms with Crippen LogP contribution >= 0.6 is 0 Å². The number of nitrogens with zero attached hydrogens (tertiary/aromatic N) is 1. The molecule has 4 heteroatoms. The fraction of sp³-hybridized carbons (Fsp3) is 0.385. The lowest BCUT2D eigenvalue weighted by Crippen LogP contribution is -2.32. The molecule has 1 aromatic carbocycles. The smallest absolute Gasteiger partial charge is 0.414 e. The topological polar surface area (TPSA) is 46.6 Å². The van der Waals surface area contributed by atoms with Crippen molar-refractivity contribution in [3.8, 4) is 0 Å². The van der Waals surface area contributed by atoms with Crippen LogP contribution in [0.15, 0.2) is 24.3 Å². The van der Waals surface area contributed by atoms with Crippen LogP contribution in [0, 0.1) is 0 Å². The highest BCUT2D eigenvalue weighted by Crippen LogP contribution is 2.26. The number of ether oxygens (including phenoxy) is 1. The maximum Gasteiger partial charge on any atom is 0.414 e. The highest BCUT2D eigenvalue weighted by molar-refractivity contribution is 6.05. The second-order valence-corrected chi connectivity index (χ2v) is 3.89. The summed E-state index contributed by atoms with van der Waals surface area (Å²) in [6, 6.07) is 7.18. The minimum absolute atomic E-state index is 0.0902. The Labute approximate surface area is 100 Å². The van der Waals surface area contributed by atoms with E-state index >= 15 is 0 Å². The SMILES string of the molecule is CCOC(=O)N1CCCC(=O)c2ccccc21. The number of ketones is 1. The second-order valence-electron chi connectivity index (χ2n) is 3.89. The van der Waals surface area contributed by atoms with Crippen molar-refractivity contribution >= 4 is 17.6 Å². The Morgan fingerprint density at radius 1 is 1.41 bits per heavy atom. The standard InChI is InChI=1S/C13H15NO3/c1-2-17-13(16)14-9-5-8-12(15)10-6-3-4-7-11(10)14/h3-4,6-7H,2,5,8-9H2,1H3. The van der Waals surface area contributed by atoms with Crippen LogP contribution in [0.4, 0.5) is 10.5 Å². The number of rotatable bonds is 1. The minimum atomic E-state index is -0.380. The quantitative estimate of drug-likeness (QED) is 0.749. The van der Waals surface area contributed by atoms with E-state index in [0.29, 0.717) is 37.2 Å². The average Bonchev–Trinajstić information content (AvgIpc) is 2.50. The van der Waals surface area contributed by atoms with Gasteiger partial charge in [-0.05, 0) is 25.5 Å². The molecule has 0 unspecified atom stereocenters. The van der Waals surface area contributed by atoms with Crippen molar-refractivity contribution in [2.45, 2.75) is 19.8 Å². The molecule has 4 nitrogen and oxygen atoms in total. The summed E-state index contributed by atoms with van der Waals surface area (Å²) in [5.74, 6) is 0.0902. The number of hydrogen-bond acceptors (Lipinski definition) is 3. The van der Waals surface area contributed by atoms with E-state index < -0.39 is 0 Å². The van der Waals surface area contributed by atoms with Crippen molar-refractivity contribution in [2.75, 3.05) is 18.1 Å². The fourth-order valence-corrected chi connectivity index (χ4v) is 1.99. The molecule has 0 radical (unpaired) electrons. The third kappa shape index (κ3) is 2.30. The Balaban J connectivity index is 2.38. The molecule has 1 aromatic rings. The number of carbonyl (C=O) groups is 2. The lowest BCUT2D eigenvalue weighted by atomic mass is 10.1. The highest BCUT2D eigenvalue weighted by Gasteiger charge is 2.25. The van der Waals surface area contributed by atoms with Crippen LogP contribution in [-0.4, -0.2) is 25.0 Å². The Kier molecular flexibility index (Phi) is 3.42. The molecular weight excluding hydrogens is 218 g/mol. The van der Waals surface area contributed by atoms with Crippen molar-refractivity contribution < 1.29 is 14.3 Å². The van der Waals surface area contributed by atoms with E-state index in [1.807, 2.05) is 12.1 Å². The zero-order valence-corrected chi connectivity index (χ0v) is 9.81. The van der Waals surface area contributed by atoms with Gasteiger partial charge >= 0.3 is 6.09 Å². The number of fused-ring (bicyclic) bond motifs is 1. The molecule has 1 aliphatic rings. The molecule has 17 heavy (non-hydrogen) atoms. The van der Waals surface area contributed by atoms with Crippen molar-refractivity contribution in [3.05, 3.63) is 29.8 Å². The largest absolute Gasteiger partial charge is 0.449 e. The summed E-state index contributed by atoms with van der Waals surface area (Å²) in [6.45, 7) is 2.64. The third-order valence-corrected chi connectivity index (χ3v) is 2.77. The Bertz CT molecular complexity index is 442. The molecule has 1 heterocycles. The van der Waals surface area contributed by atoms with E-state index in [-0.39, 0.29) is 11.9 Å². The summed E-state index contributed by atoms with van der Waals surface area (Å²) in [6.07, 6.45) is 0.772. The lowest BCUT2D eigenvalue weighted by Gasteiger charge is -2.21. The van der Waals surface area contributed by atoms with Gasteiger partial charge in [-0.25, -0.2) is 4.79 Å². The molecule has 0 fully saturated rings. The summed E-state index contributed by atoms with van der Waals surface area (Å²) in [5, 5.41) is 0. The number of benzene rings is 1. The molecule has 2 rings (SSSR count). The second kappa shape index (κ2) is 4.99. The normalized spacial score (nSPS) is 15.1. The molecule has 1 aliphatic heterocycles. The zero-order valence-electron chi connectivity index (χ0n) is 9.81. The number of anilines is 1. The van der Waals surface area contributed by atoms with Gasteiger partial charge in [-0.2, -0.15) is 0 Å². The molecular formula is C13H15NO3. The van der Waals surface area contributed by atoms with Crippen LogP contribution in [-0.2, 0) is 4.74 Å². The lowest BCUT2D eigenvalue weighted by molar-refractivity contribution is 0.0983. The third-order valence-electron chi connectivity index (χ3n) is 2.77. The van der Waals surface area contributed by atoms with Crippen LogP contribution in [0.2, 0.25) is 0 Å². The number of para-hydroxylation sites is 1. The first-order valence-corrected chi connectivity index (χ1v) is 5.80. The number of Topliss-reactive ketones (excluding diaryl/α,β-unsaturated/α-hetero) is 1. The van der Waals surface area contributed by atoms with Crippen LogP contribution in [0.25, 0.3) is 0 Å². The minimum Gasteiger partial charge on any atom is -0.449 e. The van der Waals surface area contributed by atoms with Gasteiger partial charge in [-0.15, -0.1) is 0 Å². The summed E-state index contributed by atoms with van der Waals surface area (Å²) in [5.41, 5.74) is 1.27. The van der Waals surface area contributed by atoms with Gasteiger partial charge in [-0.1, -0.05) is 12.1 Å². The molecule has 0 aromatic heterocycles. The van der Waals surface area contributed by atoms with E-state index in [1.165, 1.54) is 0 Å². The van der Waals surface area contributed by atoms with Gasteiger partial charge in [-0.3, -0.25) is 9.69 Å². The van der Waals surface area contributed by atoms with Gasteiger partial charge in [0, 0.05) is 18.5 Å². The zero-order chi connectivity index (χ0) is 12.3. The molecule has 0 bridgehead atoms. The molecule has 0 saturated carbocycles. The van der Waals surface area contributed by atoms with Crippen molar-refractivity contribution in [3.63, 3.8) is 0 Å². The van der Waals surface area contributed by atoms with Crippen molar-refractivity contribution in [1.29, 1.82) is 0 Å². The first kappa shape index (κ1) is 11.6. The Morgan fingerprint density at radius 2 is 2.18 bits per heavy atom. The summed E-state index contributed by atoms with van der Waals surface area (Å²) >= 11 is 0. The number of carbonyl (C=O) groups excluding carboxylic acids is 2. The van der Waals surface area contributed by atoms with Crippen molar-refractivity contribution in [2.24, 2.45) is 0 Å². The van der Waals surface area contributed by atoms with E-state index in [1.54, 1.807) is 24.0 Å². The predicted molar refractivity (Wildman–Crippen MR) is 64.4 cm³/mol. The molecule has 0 N–H and O–H groups in total. The van der Waals surface area contributed by atoms with E-state index in [2.05, 4.69) is 0 Å². The van der Waals surface area contributed by atoms with Crippen LogP contribution in [0.1, 0.15) is 30.1 Å². The van der Waals surface area contributed by atoms with Crippen LogP contribution in [0.3, 0.4) is 0 Å². The number of hydrogen-bond donors (Lipinski definition) is 0. The Morgan fingerprint density at radius 3 is 2.94 bits per heavy atom. The van der Waals surface area contributed by atoms with Gasteiger partial charge < -0.3 is 4.74 Å². The molecule has 0 saturated heterocycles. The van der Waals surface area contributed by atoms with Crippen LogP contribution in [0.5, 0.6) is 0 Å². The van der Waals surface area contributed by atoms with Crippen molar-refractivity contribution in [1.82, 2.24) is 0 Å². The number of amides is 1. The van der Waals surface area contributed by atoms with E-state index in [4.69, 9.17) is 4.74 Å². The molecule has 1 amide bonds. The van der Waals surface area contributed by atoms with Crippen LogP contribution < -0.4 is 4.90 Å². The van der Waals surface area contributed by atoms with E-state index in [0.717, 1.165) is 0 Å². The monoisotopic (exact) mass is 233 g/mol. The predicted octanol–water partition coefficient (Wildman–Crippen LogP) is 2.63. The molecule has 90 valence electrons. The first-order valence-electron chi connectivity index (χ1n) is 5.80. The average molecular weight is 233 g/mol. The van der Waals surface area contributed by atoms with Gasteiger partial charge in [0.25, 0.3) is 0 Å². The highest BCUT2D eigenvalue weighted by atomic mass is 16.6. The Hall–Kier alpha value is -1.84. The van der Waals surface area contributed by atoms with E-state index in [9.17, 15) is 9.59 Å². The summed E-state index contributed by atoms with van der Waals surface area (Å²) in [4.78, 5) is 25.2. The maximum absolute atomic E-state index is 11.9. The summed E-state index contributed by atoms with van der Waals surface area (Å²) < 4.78 is 5.00. The van der Waals surface area contributed by atoms with Gasteiger partial charge in [0.15, 0.2) is 5.78 Å². The van der Waals surface area contributed by atoms with Gasteiger partial charge in [0.05, 0.1) is 12.3 Å². The maximum atomic E-state index is 11.9. The summed E-state index contributed by atoms with van der Waals surface area (Å²) in [7, 11) is 0.